The van der Waals surface area contributed by atoms with E-state index in [1.54, 1.807) is 0 Å². The van der Waals surface area contributed by atoms with E-state index in [1.165, 1.54) is 24.3 Å². The summed E-state index contributed by atoms with van der Waals surface area (Å²) in [6.07, 6.45) is 7.83. The minimum absolute atomic E-state index is 0. The van der Waals surface area contributed by atoms with Gasteiger partial charge in [-0.25, -0.2) is 24.3 Å². The minimum atomic E-state index is 0. The molecule has 0 rings (SSSR count). The van der Waals surface area contributed by atoms with Gasteiger partial charge in [-0.15, -0.1) is 0 Å². The molecule has 12 heavy (non-hydrogen) atoms. The van der Waals surface area contributed by atoms with Crippen molar-refractivity contribution in [2.75, 3.05) is 0 Å². The summed E-state index contributed by atoms with van der Waals surface area (Å²) >= 11 is 0. The van der Waals surface area contributed by atoms with Crippen molar-refractivity contribution in [1.82, 2.24) is 0 Å². The predicted molar refractivity (Wildman–Crippen MR) is 53.8 cm³/mol. The molecule has 0 unspecified atom stereocenters. The molecular formula is C11H17Ir. The molecule has 0 saturated heterocycles. The monoisotopic (exact) mass is 342 g/mol. The molecule has 0 radical (unpaired) electrons. The van der Waals surface area contributed by atoms with Crippen LogP contribution in [0.4, 0.5) is 0 Å². The van der Waals surface area contributed by atoms with E-state index in [1.807, 2.05) is 20.3 Å². The van der Waals surface area contributed by atoms with Gasteiger partial charge in [-0.1, -0.05) is 0 Å². The van der Waals surface area contributed by atoms with Gasteiger partial charge in [0, 0.05) is 0 Å². The smallest absolute Gasteiger partial charge is 0.335 e. The molecule has 0 fully saturated rings. The van der Waals surface area contributed by atoms with Crippen LogP contribution >= 0.6 is 0 Å². The molecule has 0 saturated carbocycles. The summed E-state index contributed by atoms with van der Waals surface area (Å²) in [5.74, 6) is 0. The van der Waals surface area contributed by atoms with E-state index in [0.29, 0.717) is 0 Å². The van der Waals surface area contributed by atoms with E-state index in [0.717, 1.165) is 0 Å². The second kappa shape index (κ2) is 46.1. The molecule has 0 atom stereocenters. The van der Waals surface area contributed by atoms with E-state index in [9.17, 15) is 0 Å². The third kappa shape index (κ3) is 275. The normalized spacial score (nSPS) is 4.83. The van der Waals surface area contributed by atoms with Gasteiger partial charge in [-0.05, 0) is 0 Å². The third-order valence-corrected chi connectivity index (χ3v) is 0.272. The Morgan fingerprint density at radius 3 is 1.08 bits per heavy atom. The molecule has 0 heterocycles. The van der Waals surface area contributed by atoms with Crippen LogP contribution in [0.5, 0.6) is 0 Å². The summed E-state index contributed by atoms with van der Waals surface area (Å²) in [6.45, 7) is 20.2. The molecule has 1 heteroatoms. The van der Waals surface area contributed by atoms with Crippen LogP contribution in [0.1, 0.15) is 13.8 Å². The van der Waals surface area contributed by atoms with Gasteiger partial charge in [0.05, 0.1) is 0 Å². The zero-order valence-electron chi connectivity index (χ0n) is 7.79. The van der Waals surface area contributed by atoms with Gasteiger partial charge in [0.25, 0.3) is 0 Å². The second-order valence-electron chi connectivity index (χ2n) is 1.43. The zero-order chi connectivity index (χ0) is 9.54. The molecule has 0 aromatic heterocycles. The number of rotatable bonds is 2. The van der Waals surface area contributed by atoms with Crippen LogP contribution in [0, 0.1) is 19.6 Å². The van der Waals surface area contributed by atoms with Gasteiger partial charge in [0.1, 0.15) is 0 Å². The van der Waals surface area contributed by atoms with Crippen molar-refractivity contribution < 1.29 is 20.1 Å². The summed E-state index contributed by atoms with van der Waals surface area (Å²) in [5.41, 5.74) is 0. The first-order valence-electron chi connectivity index (χ1n) is 3.30. The Morgan fingerprint density at radius 1 is 1.00 bits per heavy atom. The average Bonchev–Trinajstić information content (AvgIpc) is 2.06. The van der Waals surface area contributed by atoms with Crippen molar-refractivity contribution in [3.05, 3.63) is 57.0 Å². The fourth-order valence-electron chi connectivity index (χ4n) is 0. The van der Waals surface area contributed by atoms with Gasteiger partial charge in [-0.3, -0.25) is 13.2 Å². The third-order valence-electron chi connectivity index (χ3n) is 0.272. The number of allylic oxidation sites excluding steroid dienone is 4. The first-order valence-corrected chi connectivity index (χ1v) is 3.30. The molecule has 0 aliphatic carbocycles. The quantitative estimate of drug-likeness (QED) is 0.532. The van der Waals surface area contributed by atoms with E-state index in [2.05, 4.69) is 13.2 Å². The first kappa shape index (κ1) is 22.6. The molecule has 70 valence electrons. The minimum Gasteiger partial charge on any atom is -0.335 e. The average molecular weight is 341 g/mol. The molecule has 0 amide bonds. The van der Waals surface area contributed by atoms with Crippen molar-refractivity contribution in [3.8, 4) is 0 Å². The summed E-state index contributed by atoms with van der Waals surface area (Å²) < 4.78 is 0. The molecular weight excluding hydrogens is 324 g/mol. The summed E-state index contributed by atoms with van der Waals surface area (Å²) in [7, 11) is 0. The van der Waals surface area contributed by atoms with Crippen LogP contribution in [0.15, 0.2) is 37.5 Å². The van der Waals surface area contributed by atoms with Gasteiger partial charge < -0.3 is 6.42 Å². The van der Waals surface area contributed by atoms with Crippen LogP contribution in [-0.2, 0) is 20.1 Å². The Kier molecular flexibility index (Phi) is 86.7. The standard InChI is InChI=1S/2C4H5.C3H7.Ir/c2*1-3-4-2;1-3-2;/h2*1,3-4H,2H2;3H,1-2H3;/q3*-1;+3. The van der Waals surface area contributed by atoms with Crippen molar-refractivity contribution in [3.63, 3.8) is 0 Å². The van der Waals surface area contributed by atoms with Crippen molar-refractivity contribution in [2.24, 2.45) is 0 Å². The Morgan fingerprint density at radius 2 is 1.08 bits per heavy atom. The molecule has 0 aliphatic rings. The van der Waals surface area contributed by atoms with Crippen molar-refractivity contribution in [2.45, 2.75) is 13.8 Å². The molecule has 0 spiro atoms. The van der Waals surface area contributed by atoms with Crippen LogP contribution in [0.2, 0.25) is 0 Å². The Hall–Kier alpha value is -0.391. The van der Waals surface area contributed by atoms with E-state index >= 15 is 0 Å². The van der Waals surface area contributed by atoms with E-state index in [4.69, 9.17) is 13.2 Å². The maximum Gasteiger partial charge on any atom is 3.00 e. The van der Waals surface area contributed by atoms with Gasteiger partial charge in [-0.2, -0.15) is 27.0 Å². The van der Waals surface area contributed by atoms with Gasteiger partial charge in [0.15, 0.2) is 0 Å². The topological polar surface area (TPSA) is 0 Å². The van der Waals surface area contributed by atoms with E-state index in [-0.39, 0.29) is 20.1 Å². The first-order chi connectivity index (χ1) is 5.24. The molecule has 0 aromatic carbocycles. The molecule has 0 nitrogen and oxygen atoms in total. The molecule has 0 aromatic rings. The zero-order valence-corrected chi connectivity index (χ0v) is 10.2. The van der Waals surface area contributed by atoms with Crippen molar-refractivity contribution >= 4 is 0 Å². The van der Waals surface area contributed by atoms with Crippen LogP contribution in [0.25, 0.3) is 0 Å². The predicted octanol–water partition coefficient (Wildman–Crippen LogP) is 3.55. The van der Waals surface area contributed by atoms with Crippen LogP contribution in [0.3, 0.4) is 0 Å². The SMILES string of the molecule is C[CH-]C.[CH-]=CC=C.[CH-]=CC=C.[Ir+3]. The summed E-state index contributed by atoms with van der Waals surface area (Å²) in [6, 6.07) is 0. The Labute approximate surface area is 91.1 Å². The van der Waals surface area contributed by atoms with Crippen LogP contribution in [-0.4, -0.2) is 0 Å². The largest absolute Gasteiger partial charge is 3.00 e. The summed E-state index contributed by atoms with van der Waals surface area (Å²) in [4.78, 5) is 0. The van der Waals surface area contributed by atoms with E-state index < -0.39 is 0 Å². The van der Waals surface area contributed by atoms with Crippen molar-refractivity contribution in [1.29, 1.82) is 0 Å². The van der Waals surface area contributed by atoms with Gasteiger partial charge >= 0.3 is 20.1 Å². The fourth-order valence-corrected chi connectivity index (χ4v) is 0. The molecule has 0 bridgehead atoms. The Balaban J connectivity index is -0.0000000389. The maximum atomic E-state index is 4.78. The molecule has 0 aliphatic heterocycles. The Bertz CT molecular complexity index is 69.2. The second-order valence-corrected chi connectivity index (χ2v) is 1.43. The maximum absolute atomic E-state index is 4.78. The van der Waals surface area contributed by atoms with Crippen LogP contribution < -0.4 is 0 Å². The number of hydrogen-bond acceptors (Lipinski definition) is 0. The molecule has 0 N–H and O–H groups in total. The van der Waals surface area contributed by atoms with Gasteiger partial charge in [0.2, 0.25) is 0 Å². The summed E-state index contributed by atoms with van der Waals surface area (Å²) in [5, 5.41) is 0. The number of hydrogen-bond donors (Lipinski definition) is 0. The fraction of sp³-hybridized carbons (Fsp3) is 0.182.